The lowest BCUT2D eigenvalue weighted by Crippen LogP contribution is -2.10. The molecule has 0 fully saturated rings. The first-order valence-corrected chi connectivity index (χ1v) is 9.04. The average molecular weight is 372 g/mol. The Morgan fingerprint density at radius 2 is 1.61 bits per heavy atom. The normalized spacial score (nSPS) is 10.8. The molecule has 0 atom stereocenters. The van der Waals surface area contributed by atoms with Crippen molar-refractivity contribution >= 4 is 11.0 Å². The highest BCUT2D eigenvalue weighted by Gasteiger charge is 2.17. The van der Waals surface area contributed by atoms with E-state index in [9.17, 15) is 4.79 Å². The minimum absolute atomic E-state index is 0.175. The summed E-state index contributed by atoms with van der Waals surface area (Å²) in [5, 5.41) is 0.503. The van der Waals surface area contributed by atoms with E-state index in [-0.39, 0.29) is 17.8 Å². The van der Waals surface area contributed by atoms with E-state index in [1.165, 1.54) is 0 Å². The maximum atomic E-state index is 13.1. The zero-order valence-electron chi connectivity index (χ0n) is 15.8. The molecule has 0 unspecified atom stereocenters. The third-order valence-electron chi connectivity index (χ3n) is 4.61. The van der Waals surface area contributed by atoms with Gasteiger partial charge in [0, 0.05) is 5.56 Å². The van der Waals surface area contributed by atoms with Crippen molar-refractivity contribution < 1.29 is 13.9 Å². The molecule has 4 heteroatoms. The van der Waals surface area contributed by atoms with Gasteiger partial charge in [-0.3, -0.25) is 4.79 Å². The molecule has 28 heavy (non-hydrogen) atoms. The van der Waals surface area contributed by atoms with E-state index in [0.717, 1.165) is 22.4 Å². The summed E-state index contributed by atoms with van der Waals surface area (Å²) in [5.41, 5.74) is 3.24. The van der Waals surface area contributed by atoms with Crippen LogP contribution in [0.1, 0.15) is 11.1 Å². The lowest BCUT2D eigenvalue weighted by Gasteiger charge is -2.12. The van der Waals surface area contributed by atoms with Crippen molar-refractivity contribution in [3.8, 4) is 22.8 Å². The fourth-order valence-electron chi connectivity index (χ4n) is 3.03. The van der Waals surface area contributed by atoms with Crippen molar-refractivity contribution in [2.24, 2.45) is 0 Å². The number of ether oxygens (including phenoxy) is 2. The first kappa shape index (κ1) is 17.9. The van der Waals surface area contributed by atoms with Crippen molar-refractivity contribution in [1.82, 2.24) is 0 Å². The van der Waals surface area contributed by atoms with Crippen LogP contribution >= 0.6 is 0 Å². The summed E-state index contributed by atoms with van der Waals surface area (Å²) in [6.07, 6.45) is 0. The molecule has 0 bridgehead atoms. The Labute approximate surface area is 163 Å². The van der Waals surface area contributed by atoms with Crippen LogP contribution in [0.2, 0.25) is 0 Å². The molecule has 0 amide bonds. The highest BCUT2D eigenvalue weighted by Crippen LogP contribution is 2.31. The van der Waals surface area contributed by atoms with Gasteiger partial charge in [-0.1, -0.05) is 54.1 Å². The fraction of sp³-hybridized carbons (Fsp3) is 0.125. The molecule has 4 nitrogen and oxygen atoms in total. The number of para-hydroxylation sites is 1. The molecule has 0 aliphatic heterocycles. The van der Waals surface area contributed by atoms with Gasteiger partial charge in [0.2, 0.25) is 11.2 Å². The summed E-state index contributed by atoms with van der Waals surface area (Å²) < 4.78 is 17.2. The summed E-state index contributed by atoms with van der Waals surface area (Å²) >= 11 is 0. The molecule has 140 valence electrons. The van der Waals surface area contributed by atoms with Gasteiger partial charge in [-0.05, 0) is 36.8 Å². The standard InChI is InChI=1S/C24H20O4/c1-16-7-11-18(12-8-16)23-24(22(25)20-5-3-4-6-21(20)28-23)27-15-17-9-13-19(26-2)14-10-17/h3-14H,15H2,1-2H3. The van der Waals surface area contributed by atoms with Crippen LogP contribution in [0.25, 0.3) is 22.3 Å². The molecule has 0 spiro atoms. The van der Waals surface area contributed by atoms with Crippen LogP contribution in [0.15, 0.2) is 82.0 Å². The number of aryl methyl sites for hydroxylation is 1. The predicted octanol–water partition coefficient (Wildman–Crippen LogP) is 5.36. The summed E-state index contributed by atoms with van der Waals surface area (Å²) in [5.74, 6) is 1.44. The Hall–Kier alpha value is -3.53. The Morgan fingerprint density at radius 1 is 0.893 bits per heavy atom. The Bertz CT molecular complexity index is 1160. The summed E-state index contributed by atoms with van der Waals surface area (Å²) in [6.45, 7) is 2.27. The third-order valence-corrected chi connectivity index (χ3v) is 4.61. The Balaban J connectivity index is 1.77. The molecule has 3 aromatic carbocycles. The van der Waals surface area contributed by atoms with Gasteiger partial charge in [0.05, 0.1) is 12.5 Å². The molecule has 4 rings (SSSR count). The maximum Gasteiger partial charge on any atom is 0.235 e. The van der Waals surface area contributed by atoms with Gasteiger partial charge in [0.25, 0.3) is 0 Å². The second kappa shape index (κ2) is 7.61. The first-order valence-electron chi connectivity index (χ1n) is 9.04. The molecule has 0 N–H and O–H groups in total. The van der Waals surface area contributed by atoms with Gasteiger partial charge in [-0.15, -0.1) is 0 Å². The number of rotatable bonds is 5. The van der Waals surface area contributed by atoms with E-state index < -0.39 is 0 Å². The molecule has 0 aliphatic rings. The summed E-state index contributed by atoms with van der Waals surface area (Å²) in [4.78, 5) is 13.1. The van der Waals surface area contributed by atoms with Crippen molar-refractivity contribution in [1.29, 1.82) is 0 Å². The topological polar surface area (TPSA) is 48.7 Å². The minimum atomic E-state index is -0.175. The summed E-state index contributed by atoms with van der Waals surface area (Å²) in [7, 11) is 1.62. The van der Waals surface area contributed by atoms with Gasteiger partial charge < -0.3 is 13.9 Å². The van der Waals surface area contributed by atoms with Crippen molar-refractivity contribution in [3.05, 3.63) is 94.1 Å². The van der Waals surface area contributed by atoms with Gasteiger partial charge in [0.1, 0.15) is 17.9 Å². The van der Waals surface area contributed by atoms with Crippen LogP contribution in [0.5, 0.6) is 11.5 Å². The highest BCUT2D eigenvalue weighted by molar-refractivity contribution is 5.81. The Kier molecular flexibility index (Phi) is 4.85. The molecule has 1 aromatic heterocycles. The molecular weight excluding hydrogens is 352 g/mol. The molecule has 0 aliphatic carbocycles. The number of hydrogen-bond acceptors (Lipinski definition) is 4. The molecule has 0 radical (unpaired) electrons. The molecule has 1 heterocycles. The van der Waals surface area contributed by atoms with E-state index >= 15 is 0 Å². The van der Waals surface area contributed by atoms with Crippen LogP contribution in [0.4, 0.5) is 0 Å². The zero-order chi connectivity index (χ0) is 19.5. The number of hydrogen-bond donors (Lipinski definition) is 0. The molecule has 0 saturated heterocycles. The lowest BCUT2D eigenvalue weighted by molar-refractivity contribution is 0.297. The fourth-order valence-corrected chi connectivity index (χ4v) is 3.03. The van der Waals surface area contributed by atoms with Crippen LogP contribution < -0.4 is 14.9 Å². The third kappa shape index (κ3) is 3.49. The minimum Gasteiger partial charge on any atom is -0.497 e. The van der Waals surface area contributed by atoms with Crippen LogP contribution in [-0.4, -0.2) is 7.11 Å². The van der Waals surface area contributed by atoms with E-state index in [1.807, 2.05) is 67.6 Å². The zero-order valence-corrected chi connectivity index (χ0v) is 15.8. The largest absolute Gasteiger partial charge is 0.497 e. The van der Waals surface area contributed by atoms with Gasteiger partial charge in [0.15, 0.2) is 5.76 Å². The van der Waals surface area contributed by atoms with Gasteiger partial charge in [-0.25, -0.2) is 0 Å². The van der Waals surface area contributed by atoms with Crippen LogP contribution in [0.3, 0.4) is 0 Å². The monoisotopic (exact) mass is 372 g/mol. The second-order valence-electron chi connectivity index (χ2n) is 6.59. The number of benzene rings is 3. The predicted molar refractivity (Wildman–Crippen MR) is 110 cm³/mol. The smallest absolute Gasteiger partial charge is 0.235 e. The van der Waals surface area contributed by atoms with E-state index in [2.05, 4.69) is 0 Å². The highest BCUT2D eigenvalue weighted by atomic mass is 16.5. The number of fused-ring (bicyclic) bond motifs is 1. The van der Waals surface area contributed by atoms with Gasteiger partial charge >= 0.3 is 0 Å². The molecule has 0 saturated carbocycles. The number of methoxy groups -OCH3 is 1. The average Bonchev–Trinajstić information content (AvgIpc) is 2.74. The van der Waals surface area contributed by atoms with E-state index in [1.54, 1.807) is 19.2 Å². The second-order valence-corrected chi connectivity index (χ2v) is 6.59. The van der Waals surface area contributed by atoms with Gasteiger partial charge in [-0.2, -0.15) is 0 Å². The molecular formula is C24H20O4. The summed E-state index contributed by atoms with van der Waals surface area (Å²) in [6, 6.07) is 22.6. The SMILES string of the molecule is COc1ccc(COc2c(-c3ccc(C)cc3)oc3ccccc3c2=O)cc1. The van der Waals surface area contributed by atoms with Crippen molar-refractivity contribution in [2.45, 2.75) is 13.5 Å². The quantitative estimate of drug-likeness (QED) is 0.473. The van der Waals surface area contributed by atoms with Crippen molar-refractivity contribution in [3.63, 3.8) is 0 Å². The Morgan fingerprint density at radius 3 is 2.32 bits per heavy atom. The molecule has 4 aromatic rings. The lowest BCUT2D eigenvalue weighted by atomic mass is 10.1. The van der Waals surface area contributed by atoms with Crippen LogP contribution in [0, 0.1) is 6.92 Å². The maximum absolute atomic E-state index is 13.1. The van der Waals surface area contributed by atoms with E-state index in [0.29, 0.717) is 16.7 Å². The van der Waals surface area contributed by atoms with Crippen LogP contribution in [-0.2, 0) is 6.61 Å². The van der Waals surface area contributed by atoms with E-state index in [4.69, 9.17) is 13.9 Å². The first-order chi connectivity index (χ1) is 13.7. The van der Waals surface area contributed by atoms with Crippen molar-refractivity contribution in [2.75, 3.05) is 7.11 Å².